The summed E-state index contributed by atoms with van der Waals surface area (Å²) in [6.07, 6.45) is 0.266. The summed E-state index contributed by atoms with van der Waals surface area (Å²) in [5.74, 6) is 0.288. The predicted octanol–water partition coefficient (Wildman–Crippen LogP) is 2.82. The van der Waals surface area contributed by atoms with Gasteiger partial charge in [-0.05, 0) is 22.8 Å². The number of benzene rings is 1. The van der Waals surface area contributed by atoms with Gasteiger partial charge < -0.3 is 16.5 Å². The number of halogens is 2. The molecule has 1 aliphatic rings. The molecule has 1 aromatic carbocycles. The highest BCUT2D eigenvalue weighted by Gasteiger charge is 2.41. The van der Waals surface area contributed by atoms with Crippen molar-refractivity contribution in [1.29, 1.82) is 5.41 Å². The van der Waals surface area contributed by atoms with Crippen LogP contribution < -0.4 is 11.1 Å². The largest absolute Gasteiger partial charge is 0.383 e. The van der Waals surface area contributed by atoms with E-state index in [1.807, 2.05) is 24.3 Å². The molecular formula is C17H18F2N4. The Morgan fingerprint density at radius 2 is 2.13 bits per heavy atom. The highest BCUT2D eigenvalue weighted by Crippen LogP contribution is 2.37. The number of alkyl halides is 2. The van der Waals surface area contributed by atoms with Crippen molar-refractivity contribution >= 4 is 12.0 Å². The maximum Gasteiger partial charge on any atom is 0.239 e. The molecule has 0 amide bonds. The fourth-order valence-electron chi connectivity index (χ4n) is 3.10. The molecule has 4 nitrogen and oxygen atoms in total. The fraction of sp³-hybridized carbons (Fsp3) is 0.294. The summed E-state index contributed by atoms with van der Waals surface area (Å²) in [5.41, 5.74) is 8.38. The van der Waals surface area contributed by atoms with Crippen molar-refractivity contribution in [1.82, 2.24) is 10.3 Å². The maximum absolute atomic E-state index is 12.9. The third-order valence-corrected chi connectivity index (χ3v) is 4.42. The molecule has 2 aromatic rings. The van der Waals surface area contributed by atoms with Crippen molar-refractivity contribution in [2.24, 2.45) is 0 Å². The minimum atomic E-state index is -2.34. The Morgan fingerprint density at radius 3 is 2.74 bits per heavy atom. The number of nitrogen functional groups attached to an aromatic ring is 1. The summed E-state index contributed by atoms with van der Waals surface area (Å²) >= 11 is 0. The van der Waals surface area contributed by atoms with Crippen molar-refractivity contribution in [3.63, 3.8) is 0 Å². The Balaban J connectivity index is 2.04. The number of hydrogen-bond donors (Lipinski definition) is 3. The van der Waals surface area contributed by atoms with E-state index in [9.17, 15) is 8.78 Å². The molecule has 0 bridgehead atoms. The van der Waals surface area contributed by atoms with E-state index in [1.54, 1.807) is 12.3 Å². The second-order valence-electron chi connectivity index (χ2n) is 5.86. The molecule has 6 heteroatoms. The average Bonchev–Trinajstić information content (AvgIpc) is 2.50. The molecule has 1 saturated heterocycles. The van der Waals surface area contributed by atoms with Crippen molar-refractivity contribution in [3.8, 4) is 11.1 Å². The van der Waals surface area contributed by atoms with E-state index in [0.717, 1.165) is 16.7 Å². The number of nitrogens with zero attached hydrogens (tertiary/aromatic N) is 1. The van der Waals surface area contributed by atoms with Gasteiger partial charge in [-0.2, -0.15) is 0 Å². The lowest BCUT2D eigenvalue weighted by molar-refractivity contribution is 0.0817. The van der Waals surface area contributed by atoms with Gasteiger partial charge in [0.1, 0.15) is 5.82 Å². The first-order valence-corrected chi connectivity index (χ1v) is 7.40. The molecule has 0 aliphatic carbocycles. The van der Waals surface area contributed by atoms with Crippen LogP contribution in [-0.2, 0) is 5.41 Å². The number of anilines is 1. The topological polar surface area (TPSA) is 74.8 Å². The van der Waals surface area contributed by atoms with Gasteiger partial charge in [-0.25, -0.2) is 13.8 Å². The summed E-state index contributed by atoms with van der Waals surface area (Å²) < 4.78 is 25.9. The molecule has 0 atom stereocenters. The molecular weight excluding hydrogens is 298 g/mol. The van der Waals surface area contributed by atoms with E-state index < -0.39 is 11.8 Å². The van der Waals surface area contributed by atoms with Gasteiger partial charge in [-0.3, -0.25) is 0 Å². The lowest BCUT2D eigenvalue weighted by Gasteiger charge is -2.43. The monoisotopic (exact) mass is 316 g/mol. The minimum Gasteiger partial charge on any atom is -0.383 e. The van der Waals surface area contributed by atoms with Crippen LogP contribution in [0.15, 0.2) is 36.5 Å². The van der Waals surface area contributed by atoms with E-state index in [4.69, 9.17) is 11.1 Å². The molecule has 0 saturated carbocycles. The summed E-state index contributed by atoms with van der Waals surface area (Å²) in [6.45, 7) is 1.10. The molecule has 2 heterocycles. The van der Waals surface area contributed by atoms with Gasteiger partial charge in [-0.15, -0.1) is 0 Å². The SMILES string of the molecule is N=Cc1c(-c2cccc(C3(CC(F)F)CNC3)c2)ccnc1N. The van der Waals surface area contributed by atoms with Crippen LogP contribution in [0.5, 0.6) is 0 Å². The van der Waals surface area contributed by atoms with Crippen LogP contribution in [0, 0.1) is 5.41 Å². The Labute approximate surface area is 133 Å². The van der Waals surface area contributed by atoms with Crippen LogP contribution in [-0.4, -0.2) is 30.7 Å². The third kappa shape index (κ3) is 2.82. The zero-order valence-electron chi connectivity index (χ0n) is 12.5. The van der Waals surface area contributed by atoms with E-state index in [2.05, 4.69) is 10.3 Å². The van der Waals surface area contributed by atoms with Gasteiger partial charge >= 0.3 is 0 Å². The molecule has 1 fully saturated rings. The average molecular weight is 316 g/mol. The molecule has 4 N–H and O–H groups in total. The highest BCUT2D eigenvalue weighted by atomic mass is 19.3. The van der Waals surface area contributed by atoms with Crippen LogP contribution in [0.2, 0.25) is 0 Å². The first kappa shape index (κ1) is 15.6. The van der Waals surface area contributed by atoms with E-state index in [1.165, 1.54) is 6.21 Å². The number of nitrogens with two attached hydrogens (primary N) is 1. The van der Waals surface area contributed by atoms with Gasteiger partial charge in [-0.1, -0.05) is 24.3 Å². The highest BCUT2D eigenvalue weighted by molar-refractivity contribution is 5.93. The predicted molar refractivity (Wildman–Crippen MR) is 87.1 cm³/mol. The Kier molecular flexibility index (Phi) is 4.09. The molecule has 23 heavy (non-hydrogen) atoms. The quantitative estimate of drug-likeness (QED) is 0.743. The summed E-state index contributed by atoms with van der Waals surface area (Å²) in [4.78, 5) is 3.99. The van der Waals surface area contributed by atoms with Gasteiger partial charge in [0.2, 0.25) is 6.43 Å². The second-order valence-corrected chi connectivity index (χ2v) is 5.86. The van der Waals surface area contributed by atoms with Gasteiger partial charge in [0.15, 0.2) is 0 Å². The van der Waals surface area contributed by atoms with E-state index in [0.29, 0.717) is 18.7 Å². The smallest absolute Gasteiger partial charge is 0.239 e. The van der Waals surface area contributed by atoms with Crippen molar-refractivity contribution in [2.45, 2.75) is 18.3 Å². The van der Waals surface area contributed by atoms with Crippen molar-refractivity contribution in [3.05, 3.63) is 47.7 Å². The summed E-state index contributed by atoms with van der Waals surface area (Å²) in [7, 11) is 0. The summed E-state index contributed by atoms with van der Waals surface area (Å²) in [6, 6.07) is 9.36. The Hall–Kier alpha value is -2.34. The van der Waals surface area contributed by atoms with Crippen LogP contribution >= 0.6 is 0 Å². The van der Waals surface area contributed by atoms with Gasteiger partial charge in [0.25, 0.3) is 0 Å². The summed E-state index contributed by atoms with van der Waals surface area (Å²) in [5, 5.41) is 10.6. The van der Waals surface area contributed by atoms with Gasteiger partial charge in [0, 0.05) is 42.9 Å². The zero-order chi connectivity index (χ0) is 16.4. The Bertz CT molecular complexity index is 726. The van der Waals surface area contributed by atoms with E-state index in [-0.39, 0.29) is 12.2 Å². The molecule has 1 aliphatic heterocycles. The molecule has 0 radical (unpaired) electrons. The lowest BCUT2D eigenvalue weighted by atomic mass is 9.72. The van der Waals surface area contributed by atoms with Crippen LogP contribution in [0.25, 0.3) is 11.1 Å². The van der Waals surface area contributed by atoms with Crippen LogP contribution in [0.1, 0.15) is 17.5 Å². The number of pyridine rings is 1. The number of hydrogen-bond acceptors (Lipinski definition) is 4. The molecule has 1 aromatic heterocycles. The first-order valence-electron chi connectivity index (χ1n) is 7.40. The molecule has 120 valence electrons. The lowest BCUT2D eigenvalue weighted by Crippen LogP contribution is -2.57. The molecule has 3 rings (SSSR count). The normalized spacial score (nSPS) is 16.1. The number of nitrogens with one attached hydrogen (secondary N) is 2. The van der Waals surface area contributed by atoms with Crippen molar-refractivity contribution in [2.75, 3.05) is 18.8 Å². The van der Waals surface area contributed by atoms with E-state index >= 15 is 0 Å². The molecule has 0 unspecified atom stereocenters. The number of aromatic nitrogens is 1. The van der Waals surface area contributed by atoms with Crippen LogP contribution in [0.3, 0.4) is 0 Å². The maximum atomic E-state index is 12.9. The fourth-order valence-corrected chi connectivity index (χ4v) is 3.10. The van der Waals surface area contributed by atoms with Crippen molar-refractivity contribution < 1.29 is 8.78 Å². The second kappa shape index (κ2) is 6.04. The third-order valence-electron chi connectivity index (χ3n) is 4.42. The van der Waals surface area contributed by atoms with Crippen LogP contribution in [0.4, 0.5) is 14.6 Å². The number of rotatable bonds is 5. The standard InChI is InChI=1S/C17H18F2N4/c18-15(19)7-17(9-22-10-17)12-3-1-2-11(6-12)13-4-5-23-16(21)14(13)8-20/h1-6,8,15,20,22H,7,9-10H2,(H2,21,23). The Morgan fingerprint density at radius 1 is 1.35 bits per heavy atom. The first-order chi connectivity index (χ1) is 11.1. The van der Waals surface area contributed by atoms with Gasteiger partial charge in [0.05, 0.1) is 0 Å². The zero-order valence-corrected chi connectivity index (χ0v) is 12.5. The minimum absolute atomic E-state index is 0.153. The molecule has 0 spiro atoms.